The number of hydrazone groups is 1. The first-order valence-corrected chi connectivity index (χ1v) is 10.8. The Morgan fingerprint density at radius 3 is 2.33 bits per heavy atom. The predicted octanol–water partition coefficient (Wildman–Crippen LogP) is 3.75. The van der Waals surface area contributed by atoms with E-state index in [1.54, 1.807) is 0 Å². The van der Waals surface area contributed by atoms with Crippen molar-refractivity contribution in [3.63, 3.8) is 0 Å². The summed E-state index contributed by atoms with van der Waals surface area (Å²) in [6.07, 6.45) is -2.45. The molecular weight excluding hydrogens is 419 g/mol. The van der Waals surface area contributed by atoms with Gasteiger partial charge in [0.1, 0.15) is 6.54 Å². The van der Waals surface area contributed by atoms with Gasteiger partial charge in [0.25, 0.3) is 5.91 Å². The van der Waals surface area contributed by atoms with Gasteiger partial charge in [0, 0.05) is 0 Å². The molecule has 0 aliphatic carbocycles. The van der Waals surface area contributed by atoms with Gasteiger partial charge in [-0.15, -0.1) is 0 Å². The number of nitrogens with one attached hydrogen (secondary N) is 1. The van der Waals surface area contributed by atoms with Crippen molar-refractivity contribution < 1.29 is 26.4 Å². The van der Waals surface area contributed by atoms with Crippen LogP contribution in [0.4, 0.5) is 18.9 Å². The quantitative estimate of drug-likeness (QED) is 0.525. The number of carbonyl (C=O) groups excluding carboxylic acids is 1. The van der Waals surface area contributed by atoms with Crippen LogP contribution in [-0.2, 0) is 21.0 Å². The molecule has 0 aliphatic rings. The second kappa shape index (κ2) is 9.29. The first-order valence-electron chi connectivity index (χ1n) is 8.95. The predicted molar refractivity (Wildman–Crippen MR) is 110 cm³/mol. The molecule has 10 heteroatoms. The van der Waals surface area contributed by atoms with Crippen molar-refractivity contribution in [2.45, 2.75) is 25.9 Å². The Balaban J connectivity index is 2.11. The van der Waals surface area contributed by atoms with Crippen LogP contribution in [-0.4, -0.2) is 33.3 Å². The van der Waals surface area contributed by atoms with Crippen LogP contribution in [0.5, 0.6) is 0 Å². The molecule has 2 rings (SSSR count). The Labute approximate surface area is 173 Å². The first-order chi connectivity index (χ1) is 13.9. The number of rotatable bonds is 7. The van der Waals surface area contributed by atoms with Gasteiger partial charge in [-0.3, -0.25) is 9.10 Å². The number of hydrogen-bond acceptors (Lipinski definition) is 4. The fourth-order valence-corrected chi connectivity index (χ4v) is 3.40. The van der Waals surface area contributed by atoms with Crippen molar-refractivity contribution in [3.8, 4) is 0 Å². The summed E-state index contributed by atoms with van der Waals surface area (Å²) < 4.78 is 63.4. The average Bonchev–Trinajstić information content (AvgIpc) is 2.65. The monoisotopic (exact) mass is 441 g/mol. The minimum atomic E-state index is -4.64. The topological polar surface area (TPSA) is 78.8 Å². The van der Waals surface area contributed by atoms with Crippen molar-refractivity contribution >= 4 is 27.8 Å². The van der Waals surface area contributed by atoms with Crippen LogP contribution >= 0.6 is 0 Å². The molecule has 6 nitrogen and oxygen atoms in total. The summed E-state index contributed by atoms with van der Waals surface area (Å²) in [6.45, 7) is 3.40. The average molecular weight is 441 g/mol. The van der Waals surface area contributed by atoms with Crippen molar-refractivity contribution in [2.24, 2.45) is 5.10 Å². The standard InChI is InChI=1S/C20H22F3N3O3S/c1-14(2)16-9-7-15(8-10-16)12-24-25-19(27)13-26(30(3,28)29)18-6-4-5-17(11-18)20(21,22)23/h4-12,14H,13H2,1-3H3,(H,25,27)/b24-12-. The summed E-state index contributed by atoms with van der Waals surface area (Å²) in [6, 6.07) is 11.2. The highest BCUT2D eigenvalue weighted by molar-refractivity contribution is 7.92. The van der Waals surface area contributed by atoms with Gasteiger partial charge in [0.15, 0.2) is 0 Å². The molecule has 2 aromatic carbocycles. The molecule has 1 N–H and O–H groups in total. The number of halogens is 3. The molecule has 1 amide bonds. The van der Waals surface area contributed by atoms with Gasteiger partial charge in [-0.1, -0.05) is 44.2 Å². The van der Waals surface area contributed by atoms with Crippen LogP contribution in [0.3, 0.4) is 0 Å². The van der Waals surface area contributed by atoms with E-state index in [4.69, 9.17) is 0 Å². The van der Waals surface area contributed by atoms with E-state index >= 15 is 0 Å². The fourth-order valence-electron chi connectivity index (χ4n) is 2.55. The molecule has 0 atom stereocenters. The number of alkyl halides is 3. The lowest BCUT2D eigenvalue weighted by Gasteiger charge is -2.22. The maximum Gasteiger partial charge on any atom is 0.416 e. The van der Waals surface area contributed by atoms with E-state index in [1.807, 2.05) is 24.3 Å². The minimum absolute atomic E-state index is 0.268. The minimum Gasteiger partial charge on any atom is -0.271 e. The number of carbonyl (C=O) groups is 1. The molecular formula is C20H22F3N3O3S. The van der Waals surface area contributed by atoms with E-state index in [2.05, 4.69) is 24.4 Å². The van der Waals surface area contributed by atoms with Crippen molar-refractivity contribution in [3.05, 3.63) is 65.2 Å². The fraction of sp³-hybridized carbons (Fsp3) is 0.300. The van der Waals surface area contributed by atoms with Gasteiger partial charge in [0.05, 0.1) is 23.7 Å². The number of benzene rings is 2. The molecule has 0 spiro atoms. The maximum absolute atomic E-state index is 12.9. The zero-order valence-electron chi connectivity index (χ0n) is 16.6. The lowest BCUT2D eigenvalue weighted by atomic mass is 10.0. The van der Waals surface area contributed by atoms with Crippen LogP contribution in [0, 0.1) is 0 Å². The Morgan fingerprint density at radius 1 is 1.17 bits per heavy atom. The van der Waals surface area contributed by atoms with Gasteiger partial charge < -0.3 is 0 Å². The van der Waals surface area contributed by atoms with Crippen LogP contribution in [0.15, 0.2) is 53.6 Å². The maximum atomic E-state index is 12.9. The molecule has 0 radical (unpaired) electrons. The molecule has 0 saturated heterocycles. The first kappa shape index (κ1) is 23.4. The van der Waals surface area contributed by atoms with E-state index in [-0.39, 0.29) is 5.69 Å². The van der Waals surface area contributed by atoms with E-state index in [0.29, 0.717) is 16.3 Å². The Hall–Kier alpha value is -2.88. The van der Waals surface area contributed by atoms with E-state index in [9.17, 15) is 26.4 Å². The summed E-state index contributed by atoms with van der Waals surface area (Å²) in [5.74, 6) is -0.429. The largest absolute Gasteiger partial charge is 0.416 e. The van der Waals surface area contributed by atoms with Crippen LogP contribution in [0.2, 0.25) is 0 Å². The highest BCUT2D eigenvalue weighted by atomic mass is 32.2. The number of amides is 1. The van der Waals surface area contributed by atoms with Gasteiger partial charge >= 0.3 is 6.18 Å². The molecule has 0 bridgehead atoms. The molecule has 0 fully saturated rings. The molecule has 0 aliphatic heterocycles. The Kier molecular flexibility index (Phi) is 7.25. The SMILES string of the molecule is CC(C)c1ccc(/C=N\NC(=O)CN(c2cccc(C(F)(F)F)c2)S(C)(=O)=O)cc1. The lowest BCUT2D eigenvalue weighted by molar-refractivity contribution is -0.137. The third kappa shape index (κ3) is 6.58. The molecule has 0 heterocycles. The van der Waals surface area contributed by atoms with Crippen LogP contribution in [0.1, 0.15) is 36.5 Å². The number of sulfonamides is 1. The Morgan fingerprint density at radius 2 is 1.80 bits per heavy atom. The van der Waals surface area contributed by atoms with Crippen molar-refractivity contribution in [1.29, 1.82) is 0 Å². The highest BCUT2D eigenvalue weighted by Gasteiger charge is 2.31. The molecule has 2 aromatic rings. The molecule has 0 aromatic heterocycles. The summed E-state index contributed by atoms with van der Waals surface area (Å²) in [4.78, 5) is 12.1. The summed E-state index contributed by atoms with van der Waals surface area (Å²) in [5.41, 5.74) is 2.76. The highest BCUT2D eigenvalue weighted by Crippen LogP contribution is 2.32. The zero-order chi connectivity index (χ0) is 22.5. The summed E-state index contributed by atoms with van der Waals surface area (Å²) >= 11 is 0. The van der Waals surface area contributed by atoms with Gasteiger partial charge in [-0.2, -0.15) is 18.3 Å². The van der Waals surface area contributed by atoms with Gasteiger partial charge in [-0.05, 0) is 35.2 Å². The van der Waals surface area contributed by atoms with Gasteiger partial charge in [0.2, 0.25) is 10.0 Å². The molecule has 162 valence electrons. The summed E-state index contributed by atoms with van der Waals surface area (Å²) in [5, 5.41) is 3.78. The van der Waals surface area contributed by atoms with E-state index in [1.165, 1.54) is 12.3 Å². The Bertz CT molecular complexity index is 1020. The molecule has 30 heavy (non-hydrogen) atoms. The number of hydrogen-bond donors (Lipinski definition) is 1. The second-order valence-electron chi connectivity index (χ2n) is 6.93. The lowest BCUT2D eigenvalue weighted by Crippen LogP contribution is -2.39. The number of nitrogens with zero attached hydrogens (tertiary/aromatic N) is 2. The van der Waals surface area contributed by atoms with Crippen molar-refractivity contribution in [1.82, 2.24) is 5.43 Å². The normalized spacial score (nSPS) is 12.4. The van der Waals surface area contributed by atoms with Crippen LogP contribution < -0.4 is 9.73 Å². The summed E-state index contributed by atoms with van der Waals surface area (Å²) in [7, 11) is -4.01. The van der Waals surface area contributed by atoms with Crippen LogP contribution in [0.25, 0.3) is 0 Å². The molecule has 0 saturated carbocycles. The van der Waals surface area contributed by atoms with E-state index in [0.717, 1.165) is 29.5 Å². The van der Waals surface area contributed by atoms with Gasteiger partial charge in [-0.25, -0.2) is 13.8 Å². The smallest absolute Gasteiger partial charge is 0.271 e. The van der Waals surface area contributed by atoms with E-state index < -0.39 is 34.2 Å². The third-order valence-electron chi connectivity index (χ3n) is 4.16. The molecule has 0 unspecified atom stereocenters. The van der Waals surface area contributed by atoms with Crippen molar-refractivity contribution in [2.75, 3.05) is 17.1 Å². The number of anilines is 1. The zero-order valence-corrected chi connectivity index (χ0v) is 17.5. The third-order valence-corrected chi connectivity index (χ3v) is 5.30. The second-order valence-corrected chi connectivity index (χ2v) is 8.84.